The van der Waals surface area contributed by atoms with E-state index < -0.39 is 46.2 Å². The van der Waals surface area contributed by atoms with E-state index in [9.17, 15) is 32.3 Å². The van der Waals surface area contributed by atoms with Gasteiger partial charge in [-0.05, 0) is 43.3 Å². The van der Waals surface area contributed by atoms with E-state index in [0.29, 0.717) is 4.57 Å². The first-order valence-corrected chi connectivity index (χ1v) is 9.76. The molecule has 1 atom stereocenters. The second-order valence-corrected chi connectivity index (χ2v) is 7.75. The van der Waals surface area contributed by atoms with Gasteiger partial charge in [0.25, 0.3) is 22.9 Å². The first-order valence-electron chi connectivity index (χ1n) is 9.39. The first-order chi connectivity index (χ1) is 15.5. The van der Waals surface area contributed by atoms with E-state index >= 15 is 0 Å². The zero-order valence-corrected chi connectivity index (χ0v) is 17.5. The highest BCUT2D eigenvalue weighted by atomic mass is 35.5. The molecule has 0 saturated heterocycles. The van der Waals surface area contributed by atoms with Gasteiger partial charge in [-0.2, -0.15) is 13.2 Å². The summed E-state index contributed by atoms with van der Waals surface area (Å²) >= 11 is 5.82. The third kappa shape index (κ3) is 3.50. The highest BCUT2D eigenvalue weighted by Crippen LogP contribution is 2.45. The number of alkyl halides is 3. The number of rotatable bonds is 3. The van der Waals surface area contributed by atoms with E-state index in [-0.39, 0.29) is 16.3 Å². The second-order valence-electron chi connectivity index (χ2n) is 7.32. The average molecular weight is 479 g/mol. The van der Waals surface area contributed by atoms with Gasteiger partial charge in [0.2, 0.25) is 0 Å². The summed E-state index contributed by atoms with van der Waals surface area (Å²) in [5.41, 5.74) is -6.84. The van der Waals surface area contributed by atoms with Gasteiger partial charge >= 0.3 is 11.9 Å². The molecule has 33 heavy (non-hydrogen) atoms. The first kappa shape index (κ1) is 22.3. The fourth-order valence-corrected chi connectivity index (χ4v) is 3.69. The van der Waals surface area contributed by atoms with Crippen molar-refractivity contribution < 1.29 is 22.8 Å². The van der Waals surface area contributed by atoms with Crippen LogP contribution in [-0.4, -0.2) is 27.5 Å². The van der Waals surface area contributed by atoms with Crippen molar-refractivity contribution in [1.29, 1.82) is 0 Å². The van der Waals surface area contributed by atoms with Crippen LogP contribution >= 0.6 is 11.6 Å². The SMILES string of the molecule is Cc1ccc(C(=O)N[C@]2(C(F)(F)F)C(=O)Nc3c2c(=O)[nH]c(=O)n3-c2ccc(Cl)cc2)cc1. The van der Waals surface area contributed by atoms with Crippen molar-refractivity contribution in [2.75, 3.05) is 5.32 Å². The number of benzene rings is 2. The molecule has 3 aromatic rings. The van der Waals surface area contributed by atoms with Crippen molar-refractivity contribution in [3.05, 3.63) is 91.1 Å². The number of H-pyrrole nitrogens is 1. The highest BCUT2D eigenvalue weighted by molar-refractivity contribution is 6.30. The number of hydrogen-bond acceptors (Lipinski definition) is 4. The van der Waals surface area contributed by atoms with Crippen molar-refractivity contribution in [1.82, 2.24) is 14.9 Å². The molecular formula is C21H14ClF3N4O4. The molecule has 170 valence electrons. The maximum absolute atomic E-state index is 14.4. The van der Waals surface area contributed by atoms with Crippen LogP contribution < -0.4 is 21.9 Å². The number of nitrogens with zero attached hydrogens (tertiary/aromatic N) is 1. The van der Waals surface area contributed by atoms with Gasteiger partial charge in [0.15, 0.2) is 0 Å². The highest BCUT2D eigenvalue weighted by Gasteiger charge is 2.68. The van der Waals surface area contributed by atoms with E-state index in [1.807, 2.05) is 5.32 Å². The summed E-state index contributed by atoms with van der Waals surface area (Å²) in [6, 6.07) is 10.9. The molecule has 0 radical (unpaired) electrons. The molecular weight excluding hydrogens is 465 g/mol. The Morgan fingerprint density at radius 1 is 1.03 bits per heavy atom. The monoisotopic (exact) mass is 478 g/mol. The van der Waals surface area contributed by atoms with Crippen LogP contribution in [0.1, 0.15) is 21.5 Å². The molecule has 0 spiro atoms. The fraction of sp³-hybridized carbons (Fsp3) is 0.143. The lowest BCUT2D eigenvalue weighted by Crippen LogP contribution is -2.62. The van der Waals surface area contributed by atoms with Crippen LogP contribution in [0.2, 0.25) is 5.02 Å². The molecule has 2 heterocycles. The number of aromatic nitrogens is 2. The average Bonchev–Trinajstić information content (AvgIpc) is 3.03. The normalized spacial score (nSPS) is 17.4. The van der Waals surface area contributed by atoms with Crippen LogP contribution in [0.3, 0.4) is 0 Å². The van der Waals surface area contributed by atoms with Gasteiger partial charge in [-0.1, -0.05) is 29.3 Å². The van der Waals surface area contributed by atoms with Crippen LogP contribution in [0.25, 0.3) is 5.69 Å². The quantitative estimate of drug-likeness (QED) is 0.537. The van der Waals surface area contributed by atoms with E-state index in [2.05, 4.69) is 0 Å². The van der Waals surface area contributed by atoms with Gasteiger partial charge in [0.05, 0.1) is 5.69 Å². The van der Waals surface area contributed by atoms with Crippen molar-refractivity contribution in [3.8, 4) is 5.69 Å². The molecule has 8 nitrogen and oxygen atoms in total. The molecule has 2 amide bonds. The van der Waals surface area contributed by atoms with Gasteiger partial charge < -0.3 is 10.6 Å². The number of halogens is 4. The molecule has 1 aliphatic heterocycles. The van der Waals surface area contributed by atoms with Gasteiger partial charge in [0, 0.05) is 10.6 Å². The Bertz CT molecular complexity index is 1400. The molecule has 0 unspecified atom stereocenters. The number of aryl methyl sites for hydroxylation is 1. The van der Waals surface area contributed by atoms with Crippen LogP contribution in [0, 0.1) is 6.92 Å². The summed E-state index contributed by atoms with van der Waals surface area (Å²) in [4.78, 5) is 52.4. The summed E-state index contributed by atoms with van der Waals surface area (Å²) in [5, 5.41) is 3.93. The van der Waals surface area contributed by atoms with E-state index in [1.54, 1.807) is 17.2 Å². The van der Waals surface area contributed by atoms with Crippen LogP contribution in [0.4, 0.5) is 19.0 Å². The zero-order valence-electron chi connectivity index (χ0n) is 16.7. The molecule has 2 aromatic carbocycles. The number of amides is 2. The zero-order chi connectivity index (χ0) is 24.1. The molecule has 4 rings (SSSR count). The summed E-state index contributed by atoms with van der Waals surface area (Å²) in [6.07, 6.45) is -5.43. The van der Waals surface area contributed by atoms with Gasteiger partial charge in [-0.25, -0.2) is 9.36 Å². The van der Waals surface area contributed by atoms with Crippen molar-refractivity contribution in [2.24, 2.45) is 0 Å². The number of carbonyl (C=O) groups excluding carboxylic acids is 2. The topological polar surface area (TPSA) is 113 Å². The van der Waals surface area contributed by atoms with E-state index in [1.165, 1.54) is 48.5 Å². The molecule has 0 fully saturated rings. The van der Waals surface area contributed by atoms with E-state index in [0.717, 1.165) is 5.56 Å². The Hall–Kier alpha value is -3.86. The van der Waals surface area contributed by atoms with Crippen LogP contribution in [0.5, 0.6) is 0 Å². The third-order valence-electron chi connectivity index (χ3n) is 5.18. The largest absolute Gasteiger partial charge is 0.425 e. The molecule has 0 bridgehead atoms. The number of nitrogens with one attached hydrogen (secondary N) is 3. The Labute approximate surface area is 188 Å². The smallest absolute Gasteiger partial charge is 0.326 e. The molecule has 3 N–H and O–H groups in total. The Kier molecular flexibility index (Phi) is 5.16. The van der Waals surface area contributed by atoms with Gasteiger partial charge in [0.1, 0.15) is 11.4 Å². The lowest BCUT2D eigenvalue weighted by Gasteiger charge is -2.30. The van der Waals surface area contributed by atoms with Crippen LogP contribution in [-0.2, 0) is 10.3 Å². The Morgan fingerprint density at radius 2 is 1.64 bits per heavy atom. The van der Waals surface area contributed by atoms with Gasteiger partial charge in [-0.3, -0.25) is 19.4 Å². The standard InChI is InChI=1S/C21H14ClF3N4O4/c1-10-2-4-11(5-3-10)16(30)28-20(21(23,24)25)14-15(26-18(20)32)29(19(33)27-17(14)31)13-8-6-12(22)7-9-13/h2-9H,1H3,(H,26,32)(H,28,30)(H,27,31,33)/t20-/m0/s1. The predicted octanol–water partition coefficient (Wildman–Crippen LogP) is 2.63. The summed E-state index contributed by atoms with van der Waals surface area (Å²) in [7, 11) is 0. The summed E-state index contributed by atoms with van der Waals surface area (Å²) in [5.74, 6) is -3.68. The van der Waals surface area contributed by atoms with Crippen molar-refractivity contribution >= 4 is 29.2 Å². The third-order valence-corrected chi connectivity index (χ3v) is 5.44. The molecule has 0 saturated carbocycles. The van der Waals surface area contributed by atoms with Crippen molar-refractivity contribution in [2.45, 2.75) is 18.6 Å². The minimum absolute atomic E-state index is 0.0278. The van der Waals surface area contributed by atoms with E-state index in [4.69, 9.17) is 11.6 Å². The second kappa shape index (κ2) is 7.62. The molecule has 1 aliphatic rings. The Balaban J connectivity index is 1.96. The van der Waals surface area contributed by atoms with Crippen molar-refractivity contribution in [3.63, 3.8) is 0 Å². The summed E-state index contributed by atoms with van der Waals surface area (Å²) in [6.45, 7) is 1.72. The molecule has 1 aromatic heterocycles. The number of anilines is 1. The predicted molar refractivity (Wildman–Crippen MR) is 113 cm³/mol. The summed E-state index contributed by atoms with van der Waals surface area (Å²) < 4.78 is 43.9. The lowest BCUT2D eigenvalue weighted by atomic mass is 9.91. The van der Waals surface area contributed by atoms with Gasteiger partial charge in [-0.15, -0.1) is 0 Å². The minimum atomic E-state index is -5.43. The fourth-order valence-electron chi connectivity index (χ4n) is 3.56. The maximum atomic E-state index is 14.4. The molecule has 12 heteroatoms. The Morgan fingerprint density at radius 3 is 2.21 bits per heavy atom. The number of carbonyl (C=O) groups is 2. The molecule has 0 aliphatic carbocycles. The number of fused-ring (bicyclic) bond motifs is 1. The van der Waals surface area contributed by atoms with Crippen LogP contribution in [0.15, 0.2) is 58.1 Å². The number of aromatic amines is 1. The maximum Gasteiger partial charge on any atom is 0.425 e. The number of hydrogen-bond donors (Lipinski definition) is 3. The lowest BCUT2D eigenvalue weighted by molar-refractivity contribution is -0.196. The minimum Gasteiger partial charge on any atom is -0.326 e.